The molecule has 0 aliphatic carbocycles. The van der Waals surface area contributed by atoms with Crippen molar-refractivity contribution in [2.24, 2.45) is 0 Å². The molecule has 0 heterocycles. The normalized spacial score (nSPS) is 13.9. The maximum Gasteiger partial charge on any atom is 0.220 e. The van der Waals surface area contributed by atoms with Gasteiger partial charge in [-0.05, 0) is 26.0 Å². The van der Waals surface area contributed by atoms with Crippen LogP contribution in [0.25, 0.3) is 0 Å². The van der Waals surface area contributed by atoms with Crippen LogP contribution in [0.5, 0.6) is 0 Å². The SMILES string of the molecule is Cc1ccc(SCCC(=O)NCC(C)(O)CO)cc1. The summed E-state index contributed by atoms with van der Waals surface area (Å²) < 4.78 is 0. The van der Waals surface area contributed by atoms with Crippen LogP contribution in [-0.4, -0.2) is 40.6 Å². The van der Waals surface area contributed by atoms with Gasteiger partial charge in [-0.25, -0.2) is 0 Å². The molecule has 1 amide bonds. The van der Waals surface area contributed by atoms with Gasteiger partial charge in [0, 0.05) is 23.6 Å². The number of hydrogen-bond donors (Lipinski definition) is 3. The van der Waals surface area contributed by atoms with E-state index in [9.17, 15) is 9.90 Å². The van der Waals surface area contributed by atoms with E-state index in [0.717, 1.165) is 4.90 Å². The number of carbonyl (C=O) groups is 1. The molecule has 0 aliphatic rings. The second-order valence-corrected chi connectivity index (χ2v) is 6.01. The first-order chi connectivity index (χ1) is 8.93. The molecule has 0 fully saturated rings. The lowest BCUT2D eigenvalue weighted by atomic mass is 10.1. The monoisotopic (exact) mass is 283 g/mol. The second-order valence-electron chi connectivity index (χ2n) is 4.84. The van der Waals surface area contributed by atoms with Crippen molar-refractivity contribution in [1.29, 1.82) is 0 Å². The van der Waals surface area contributed by atoms with E-state index in [1.165, 1.54) is 12.5 Å². The Kier molecular flexibility index (Phi) is 6.34. The molecule has 0 radical (unpaired) electrons. The van der Waals surface area contributed by atoms with Gasteiger partial charge in [0.15, 0.2) is 0 Å². The maximum atomic E-state index is 11.5. The summed E-state index contributed by atoms with van der Waals surface area (Å²) in [5.41, 5.74) is -0.0342. The molecule has 1 aromatic rings. The van der Waals surface area contributed by atoms with Crippen molar-refractivity contribution in [2.45, 2.75) is 30.8 Å². The van der Waals surface area contributed by atoms with Crippen LogP contribution in [0, 0.1) is 6.92 Å². The molecule has 1 aromatic carbocycles. The Balaban J connectivity index is 2.22. The minimum Gasteiger partial charge on any atom is -0.393 e. The Morgan fingerprint density at radius 2 is 2.00 bits per heavy atom. The van der Waals surface area contributed by atoms with Gasteiger partial charge >= 0.3 is 0 Å². The third-order valence-corrected chi connectivity index (χ3v) is 3.64. The number of aliphatic hydroxyl groups is 2. The van der Waals surface area contributed by atoms with Gasteiger partial charge in [0.1, 0.15) is 5.60 Å². The third kappa shape index (κ3) is 6.61. The zero-order valence-corrected chi connectivity index (χ0v) is 12.2. The van der Waals surface area contributed by atoms with Crippen molar-refractivity contribution in [3.63, 3.8) is 0 Å². The first-order valence-electron chi connectivity index (χ1n) is 6.22. The highest BCUT2D eigenvalue weighted by Crippen LogP contribution is 2.18. The molecule has 3 N–H and O–H groups in total. The van der Waals surface area contributed by atoms with E-state index in [0.29, 0.717) is 12.2 Å². The smallest absolute Gasteiger partial charge is 0.220 e. The number of nitrogens with one attached hydrogen (secondary N) is 1. The van der Waals surface area contributed by atoms with Crippen molar-refractivity contribution in [2.75, 3.05) is 18.9 Å². The molecule has 0 saturated heterocycles. The number of thioether (sulfide) groups is 1. The molecule has 1 rings (SSSR count). The van der Waals surface area contributed by atoms with E-state index in [2.05, 4.69) is 5.32 Å². The molecule has 1 unspecified atom stereocenters. The number of aliphatic hydroxyl groups excluding tert-OH is 1. The summed E-state index contributed by atoms with van der Waals surface area (Å²) in [6.07, 6.45) is 0.389. The van der Waals surface area contributed by atoms with E-state index in [1.807, 2.05) is 31.2 Å². The quantitative estimate of drug-likeness (QED) is 0.660. The van der Waals surface area contributed by atoms with Gasteiger partial charge in [-0.1, -0.05) is 17.7 Å². The van der Waals surface area contributed by atoms with Gasteiger partial charge in [0.25, 0.3) is 0 Å². The van der Waals surface area contributed by atoms with Crippen LogP contribution < -0.4 is 5.32 Å². The number of benzene rings is 1. The Morgan fingerprint density at radius 3 is 2.58 bits per heavy atom. The van der Waals surface area contributed by atoms with Gasteiger partial charge in [-0.3, -0.25) is 4.79 Å². The average Bonchev–Trinajstić information content (AvgIpc) is 2.39. The summed E-state index contributed by atoms with van der Waals surface area (Å²) in [6.45, 7) is 3.21. The first kappa shape index (κ1) is 16.0. The highest BCUT2D eigenvalue weighted by atomic mass is 32.2. The summed E-state index contributed by atoms with van der Waals surface area (Å²) in [4.78, 5) is 12.7. The standard InChI is InChI=1S/C14H21NO3S/c1-11-3-5-12(6-4-11)19-8-7-13(17)15-9-14(2,18)10-16/h3-6,16,18H,7-10H2,1-2H3,(H,15,17). The van der Waals surface area contributed by atoms with Crippen molar-refractivity contribution in [3.8, 4) is 0 Å². The predicted molar refractivity (Wildman–Crippen MR) is 77.2 cm³/mol. The number of carbonyl (C=O) groups excluding carboxylic acids is 1. The van der Waals surface area contributed by atoms with Crippen molar-refractivity contribution in [1.82, 2.24) is 5.32 Å². The fraction of sp³-hybridized carbons (Fsp3) is 0.500. The molecule has 4 nitrogen and oxygen atoms in total. The lowest BCUT2D eigenvalue weighted by molar-refractivity contribution is -0.122. The molecule has 0 bridgehead atoms. The van der Waals surface area contributed by atoms with E-state index in [4.69, 9.17) is 5.11 Å². The minimum atomic E-state index is -1.25. The molecule has 106 valence electrons. The molecule has 19 heavy (non-hydrogen) atoms. The highest BCUT2D eigenvalue weighted by molar-refractivity contribution is 7.99. The van der Waals surface area contributed by atoms with Crippen molar-refractivity contribution >= 4 is 17.7 Å². The van der Waals surface area contributed by atoms with E-state index in [1.54, 1.807) is 11.8 Å². The zero-order valence-electron chi connectivity index (χ0n) is 11.3. The maximum absolute atomic E-state index is 11.5. The molecular weight excluding hydrogens is 262 g/mol. The van der Waals surface area contributed by atoms with Gasteiger partial charge in [0.05, 0.1) is 6.61 Å². The van der Waals surface area contributed by atoms with Gasteiger partial charge in [-0.15, -0.1) is 11.8 Å². The third-order valence-electron chi connectivity index (χ3n) is 2.63. The zero-order chi connectivity index (χ0) is 14.3. The Morgan fingerprint density at radius 1 is 1.37 bits per heavy atom. The van der Waals surface area contributed by atoms with Crippen LogP contribution in [0.15, 0.2) is 29.2 Å². The molecule has 0 aromatic heterocycles. The largest absolute Gasteiger partial charge is 0.393 e. The van der Waals surface area contributed by atoms with Crippen LogP contribution in [-0.2, 0) is 4.79 Å². The van der Waals surface area contributed by atoms with E-state index >= 15 is 0 Å². The summed E-state index contributed by atoms with van der Waals surface area (Å²) in [5, 5.41) is 21.0. The first-order valence-corrected chi connectivity index (χ1v) is 7.21. The van der Waals surface area contributed by atoms with Crippen molar-refractivity contribution < 1.29 is 15.0 Å². The minimum absolute atomic E-state index is 0.0670. The number of amides is 1. The Labute approximate surface area is 118 Å². The summed E-state index contributed by atoms with van der Waals surface area (Å²) in [6, 6.07) is 8.16. The van der Waals surface area contributed by atoms with Crippen LogP contribution in [0.3, 0.4) is 0 Å². The lowest BCUT2D eigenvalue weighted by Gasteiger charge is -2.20. The summed E-state index contributed by atoms with van der Waals surface area (Å²) in [7, 11) is 0. The van der Waals surface area contributed by atoms with Crippen LogP contribution in [0.2, 0.25) is 0 Å². The predicted octanol–water partition coefficient (Wildman–Crippen LogP) is 1.34. The molecule has 5 heteroatoms. The fourth-order valence-corrected chi connectivity index (χ4v) is 2.18. The molecular formula is C14H21NO3S. The second kappa shape index (κ2) is 7.53. The molecule has 0 aliphatic heterocycles. The molecule has 1 atom stereocenters. The average molecular weight is 283 g/mol. The molecule has 0 saturated carbocycles. The van der Waals surface area contributed by atoms with E-state index < -0.39 is 5.60 Å². The van der Waals surface area contributed by atoms with Crippen molar-refractivity contribution in [3.05, 3.63) is 29.8 Å². The lowest BCUT2D eigenvalue weighted by Crippen LogP contribution is -2.43. The van der Waals surface area contributed by atoms with Crippen LogP contribution in [0.4, 0.5) is 0 Å². The summed E-state index contributed by atoms with van der Waals surface area (Å²) in [5.74, 6) is 0.573. The molecule has 0 spiro atoms. The highest BCUT2D eigenvalue weighted by Gasteiger charge is 2.19. The van der Waals surface area contributed by atoms with Gasteiger partial charge in [-0.2, -0.15) is 0 Å². The Hall–Kier alpha value is -1.04. The van der Waals surface area contributed by atoms with Crippen LogP contribution in [0.1, 0.15) is 18.9 Å². The number of hydrogen-bond acceptors (Lipinski definition) is 4. The topological polar surface area (TPSA) is 69.6 Å². The Bertz CT molecular complexity index is 404. The van der Waals surface area contributed by atoms with Gasteiger partial charge in [0.2, 0.25) is 5.91 Å². The van der Waals surface area contributed by atoms with Gasteiger partial charge < -0.3 is 15.5 Å². The summed E-state index contributed by atoms with van der Waals surface area (Å²) >= 11 is 1.62. The fourth-order valence-electron chi connectivity index (χ4n) is 1.33. The number of aryl methyl sites for hydroxylation is 1. The van der Waals surface area contributed by atoms with E-state index in [-0.39, 0.29) is 19.1 Å². The number of rotatable bonds is 7. The van der Waals surface area contributed by atoms with Crippen LogP contribution >= 0.6 is 11.8 Å².